The Bertz CT molecular complexity index is 1460. The van der Waals surface area contributed by atoms with Crippen LogP contribution in [-0.4, -0.2) is 47.6 Å². The van der Waals surface area contributed by atoms with Crippen molar-refractivity contribution in [3.8, 4) is 11.5 Å². The highest BCUT2D eigenvalue weighted by Gasteiger charge is 2.48. The standard InChI is InChI=1S/C31H32N2O7S/c1-5-8-18-39-23-15-11-21(12-16-23)26(34)24-25(20-9-13-22(14-10-20)38-7-3)33(29(36)27(24)35)31-32-19(4)28(41-31)30(37)40-17-6-2/h6,9-16,25,34H,2,5,7-8,17-18H2,1,3-4H3/t25-/m0/s1. The van der Waals surface area contributed by atoms with Crippen molar-refractivity contribution >= 4 is 39.9 Å². The van der Waals surface area contributed by atoms with E-state index >= 15 is 0 Å². The summed E-state index contributed by atoms with van der Waals surface area (Å²) < 4.78 is 16.4. The maximum Gasteiger partial charge on any atom is 0.350 e. The van der Waals surface area contributed by atoms with E-state index in [-0.39, 0.29) is 27.9 Å². The maximum absolute atomic E-state index is 13.5. The van der Waals surface area contributed by atoms with Gasteiger partial charge in [0.15, 0.2) is 5.13 Å². The summed E-state index contributed by atoms with van der Waals surface area (Å²) in [7, 11) is 0. The van der Waals surface area contributed by atoms with Gasteiger partial charge in [-0.25, -0.2) is 9.78 Å². The fourth-order valence-electron chi connectivity index (χ4n) is 4.33. The van der Waals surface area contributed by atoms with E-state index in [4.69, 9.17) is 14.2 Å². The topological polar surface area (TPSA) is 115 Å². The number of anilines is 1. The normalized spacial score (nSPS) is 16.1. The summed E-state index contributed by atoms with van der Waals surface area (Å²) in [5.41, 5.74) is 1.16. The van der Waals surface area contributed by atoms with Crippen molar-refractivity contribution in [2.24, 2.45) is 0 Å². The van der Waals surface area contributed by atoms with Crippen molar-refractivity contribution < 1.29 is 33.7 Å². The van der Waals surface area contributed by atoms with Crippen molar-refractivity contribution in [2.45, 2.75) is 39.7 Å². The smallest absolute Gasteiger partial charge is 0.350 e. The molecule has 4 rings (SSSR count). The molecule has 1 aliphatic rings. The molecule has 1 N–H and O–H groups in total. The van der Waals surface area contributed by atoms with Crippen LogP contribution in [0, 0.1) is 6.92 Å². The molecule has 214 valence electrons. The van der Waals surface area contributed by atoms with E-state index in [9.17, 15) is 19.5 Å². The van der Waals surface area contributed by atoms with E-state index in [1.165, 1.54) is 11.0 Å². The van der Waals surface area contributed by atoms with Gasteiger partial charge in [-0.2, -0.15) is 0 Å². The molecule has 1 atom stereocenters. The van der Waals surface area contributed by atoms with Crippen molar-refractivity contribution in [1.29, 1.82) is 0 Å². The van der Waals surface area contributed by atoms with Crippen LogP contribution in [0.15, 0.2) is 66.8 Å². The lowest BCUT2D eigenvalue weighted by atomic mass is 9.95. The number of nitrogens with zero attached hydrogens (tertiary/aromatic N) is 2. The Morgan fingerprint density at radius 3 is 2.37 bits per heavy atom. The second-order valence-electron chi connectivity index (χ2n) is 9.20. The first-order chi connectivity index (χ1) is 19.8. The molecule has 1 fully saturated rings. The summed E-state index contributed by atoms with van der Waals surface area (Å²) >= 11 is 0.939. The van der Waals surface area contributed by atoms with Gasteiger partial charge in [0.25, 0.3) is 5.78 Å². The Morgan fingerprint density at radius 2 is 1.73 bits per heavy atom. The average Bonchev–Trinajstić information content (AvgIpc) is 3.48. The number of hydrogen-bond acceptors (Lipinski definition) is 9. The zero-order valence-corrected chi connectivity index (χ0v) is 24.0. The van der Waals surface area contributed by atoms with Gasteiger partial charge in [0.2, 0.25) is 0 Å². The summed E-state index contributed by atoms with van der Waals surface area (Å²) in [4.78, 5) is 45.4. The van der Waals surface area contributed by atoms with E-state index in [0.717, 1.165) is 24.2 Å². The molecule has 0 unspecified atom stereocenters. The molecule has 0 saturated carbocycles. The Kier molecular flexibility index (Phi) is 9.57. The van der Waals surface area contributed by atoms with E-state index < -0.39 is 23.7 Å². The molecular weight excluding hydrogens is 544 g/mol. The van der Waals surface area contributed by atoms with Crippen LogP contribution < -0.4 is 14.4 Å². The Hall–Kier alpha value is -4.44. The number of aliphatic hydroxyl groups excluding tert-OH is 1. The van der Waals surface area contributed by atoms with Gasteiger partial charge in [0.1, 0.15) is 28.7 Å². The number of benzene rings is 2. The van der Waals surface area contributed by atoms with Gasteiger partial charge in [-0.1, -0.05) is 49.5 Å². The molecule has 0 spiro atoms. The van der Waals surface area contributed by atoms with Crippen LogP contribution >= 0.6 is 11.3 Å². The molecule has 0 aliphatic carbocycles. The predicted octanol–water partition coefficient (Wildman–Crippen LogP) is 6.00. The summed E-state index contributed by atoms with van der Waals surface area (Å²) in [6.07, 6.45) is 3.36. The maximum atomic E-state index is 13.5. The van der Waals surface area contributed by atoms with Crippen LogP contribution in [0.5, 0.6) is 11.5 Å². The van der Waals surface area contributed by atoms with Gasteiger partial charge in [-0.3, -0.25) is 14.5 Å². The monoisotopic (exact) mass is 576 g/mol. The number of Topliss-reactive ketones (excluding diaryl/α,β-unsaturated/α-hetero) is 1. The van der Waals surface area contributed by atoms with Gasteiger partial charge >= 0.3 is 11.9 Å². The number of rotatable bonds is 12. The second-order valence-corrected chi connectivity index (χ2v) is 10.2. The summed E-state index contributed by atoms with van der Waals surface area (Å²) in [6, 6.07) is 12.6. The molecular formula is C31H32N2O7S. The summed E-state index contributed by atoms with van der Waals surface area (Å²) in [5, 5.41) is 11.5. The van der Waals surface area contributed by atoms with Crippen molar-refractivity contribution in [3.63, 3.8) is 0 Å². The number of carbonyl (C=O) groups excluding carboxylic acids is 3. The average molecular weight is 577 g/mol. The van der Waals surface area contributed by atoms with Crippen LogP contribution in [0.2, 0.25) is 0 Å². The molecule has 41 heavy (non-hydrogen) atoms. The molecule has 1 aliphatic heterocycles. The minimum Gasteiger partial charge on any atom is -0.507 e. The van der Waals surface area contributed by atoms with Crippen molar-refractivity contribution in [2.75, 3.05) is 24.7 Å². The predicted molar refractivity (Wildman–Crippen MR) is 157 cm³/mol. The largest absolute Gasteiger partial charge is 0.507 e. The number of ether oxygens (including phenoxy) is 3. The Balaban J connectivity index is 1.79. The van der Waals surface area contributed by atoms with E-state index in [1.807, 2.05) is 6.92 Å². The summed E-state index contributed by atoms with van der Waals surface area (Å²) in [5.74, 6) is -1.43. The number of carbonyl (C=O) groups is 3. The fourth-order valence-corrected chi connectivity index (χ4v) is 5.32. The molecule has 1 saturated heterocycles. The molecule has 1 amide bonds. The number of aryl methyl sites for hydroxylation is 1. The van der Waals surface area contributed by atoms with Gasteiger partial charge < -0.3 is 19.3 Å². The number of thiazole rings is 1. The first-order valence-electron chi connectivity index (χ1n) is 13.3. The Labute approximate surface area is 242 Å². The number of aliphatic hydroxyl groups is 1. The molecule has 1 aromatic heterocycles. The lowest BCUT2D eigenvalue weighted by Crippen LogP contribution is -2.29. The van der Waals surface area contributed by atoms with Crippen LogP contribution in [0.4, 0.5) is 5.13 Å². The van der Waals surface area contributed by atoms with Crippen LogP contribution in [0.25, 0.3) is 5.76 Å². The van der Waals surface area contributed by atoms with Gasteiger partial charge in [0, 0.05) is 5.56 Å². The van der Waals surface area contributed by atoms with E-state index in [2.05, 4.69) is 18.5 Å². The zero-order valence-electron chi connectivity index (χ0n) is 23.2. The number of esters is 1. The first kappa shape index (κ1) is 29.5. The summed E-state index contributed by atoms with van der Waals surface area (Å²) in [6.45, 7) is 10.2. The van der Waals surface area contributed by atoms with E-state index in [1.54, 1.807) is 55.5 Å². The molecule has 10 heteroatoms. The minimum atomic E-state index is -1.01. The number of unbranched alkanes of at least 4 members (excludes halogenated alkanes) is 1. The van der Waals surface area contributed by atoms with Gasteiger partial charge in [0.05, 0.1) is 30.5 Å². The molecule has 0 bridgehead atoms. The molecule has 2 heterocycles. The third-order valence-corrected chi connectivity index (χ3v) is 7.49. The molecule has 0 radical (unpaired) electrons. The Morgan fingerprint density at radius 1 is 1.07 bits per heavy atom. The third kappa shape index (κ3) is 6.33. The highest BCUT2D eigenvalue weighted by atomic mass is 32.1. The number of aromatic nitrogens is 1. The van der Waals surface area contributed by atoms with E-state index in [0.29, 0.717) is 41.5 Å². The third-order valence-electron chi connectivity index (χ3n) is 6.35. The molecule has 3 aromatic rings. The number of hydrogen-bond donors (Lipinski definition) is 1. The minimum absolute atomic E-state index is 0.0185. The van der Waals surface area contributed by atoms with Crippen LogP contribution in [-0.2, 0) is 14.3 Å². The van der Waals surface area contributed by atoms with Crippen molar-refractivity contribution in [3.05, 3.63) is 88.5 Å². The molecule has 2 aromatic carbocycles. The van der Waals surface area contributed by atoms with Gasteiger partial charge in [-0.15, -0.1) is 0 Å². The number of amides is 1. The lowest BCUT2D eigenvalue weighted by molar-refractivity contribution is -0.132. The molecule has 9 nitrogen and oxygen atoms in total. The van der Waals surface area contributed by atoms with Gasteiger partial charge in [-0.05, 0) is 62.2 Å². The SMILES string of the molecule is C=CCOC(=O)c1sc(N2C(=O)C(=O)C(=C(O)c3ccc(OCCCC)cc3)[C@@H]2c2ccc(OCC)cc2)nc1C. The number of ketones is 1. The first-order valence-corrected chi connectivity index (χ1v) is 14.1. The van der Waals surface area contributed by atoms with Crippen LogP contribution in [0.1, 0.15) is 59.2 Å². The zero-order chi connectivity index (χ0) is 29.5. The van der Waals surface area contributed by atoms with Crippen molar-refractivity contribution in [1.82, 2.24) is 4.98 Å². The quantitative estimate of drug-likeness (QED) is 0.0697. The lowest BCUT2D eigenvalue weighted by Gasteiger charge is -2.23. The fraction of sp³-hybridized carbons (Fsp3) is 0.290. The second kappa shape index (κ2) is 13.3. The van der Waals surface area contributed by atoms with Crippen LogP contribution in [0.3, 0.4) is 0 Å². The highest BCUT2D eigenvalue weighted by Crippen LogP contribution is 2.44. The highest BCUT2D eigenvalue weighted by molar-refractivity contribution is 7.17.